The molecule has 0 fully saturated rings. The summed E-state index contributed by atoms with van der Waals surface area (Å²) in [4.78, 5) is 0. The number of aliphatic hydroxyl groups excluding tert-OH is 1. The van der Waals surface area contributed by atoms with Gasteiger partial charge in [-0.3, -0.25) is 0 Å². The predicted octanol–water partition coefficient (Wildman–Crippen LogP) is 4.40. The van der Waals surface area contributed by atoms with Gasteiger partial charge in [-0.15, -0.1) is 0 Å². The van der Waals surface area contributed by atoms with Gasteiger partial charge in [0.2, 0.25) is 0 Å². The summed E-state index contributed by atoms with van der Waals surface area (Å²) >= 11 is 0. The predicted molar refractivity (Wildman–Crippen MR) is 80.8 cm³/mol. The third kappa shape index (κ3) is 12.4. The highest BCUT2D eigenvalue weighted by Crippen LogP contribution is 2.14. The zero-order chi connectivity index (χ0) is 13.7. The Hall–Kier alpha value is -0.0800. The van der Waals surface area contributed by atoms with Crippen molar-refractivity contribution in [3.63, 3.8) is 0 Å². The minimum absolute atomic E-state index is 0.102. The highest BCUT2D eigenvalue weighted by atomic mass is 16.3. The average Bonchev–Trinajstić information content (AvgIpc) is 2.36. The zero-order valence-electron chi connectivity index (χ0n) is 12.7. The van der Waals surface area contributed by atoms with Gasteiger partial charge in [0.15, 0.2) is 0 Å². The molecule has 0 heterocycles. The molecule has 0 saturated carbocycles. The Labute approximate surface area is 114 Å². The molecule has 0 spiro atoms. The zero-order valence-corrected chi connectivity index (χ0v) is 12.7. The Morgan fingerprint density at radius 3 is 1.56 bits per heavy atom. The molecule has 0 aromatic heterocycles. The van der Waals surface area contributed by atoms with E-state index in [-0.39, 0.29) is 12.1 Å². The lowest BCUT2D eigenvalue weighted by atomic mass is 9.96. The van der Waals surface area contributed by atoms with E-state index >= 15 is 0 Å². The second-order valence-electron chi connectivity index (χ2n) is 6.10. The molecule has 18 heavy (non-hydrogen) atoms. The van der Waals surface area contributed by atoms with Crippen molar-refractivity contribution >= 4 is 0 Å². The molecule has 0 aromatic rings. The number of nitrogens with two attached hydrogens (primary N) is 1. The fourth-order valence-corrected chi connectivity index (χ4v) is 2.27. The van der Waals surface area contributed by atoms with Crippen LogP contribution in [0.15, 0.2) is 0 Å². The smallest absolute Gasteiger partial charge is 0.0608 e. The molecule has 0 aliphatic heterocycles. The molecule has 1 unspecified atom stereocenters. The van der Waals surface area contributed by atoms with E-state index in [0.29, 0.717) is 0 Å². The monoisotopic (exact) mass is 257 g/mol. The maximum absolute atomic E-state index is 9.03. The van der Waals surface area contributed by atoms with Crippen LogP contribution in [0.4, 0.5) is 0 Å². The second-order valence-corrected chi connectivity index (χ2v) is 6.10. The molecule has 0 radical (unpaired) electrons. The molecule has 1 atom stereocenters. The number of hydrogen-bond donors (Lipinski definition) is 2. The topological polar surface area (TPSA) is 46.2 Å². The van der Waals surface area contributed by atoms with E-state index in [2.05, 4.69) is 6.92 Å². The van der Waals surface area contributed by atoms with Gasteiger partial charge < -0.3 is 10.8 Å². The molecule has 3 N–H and O–H groups in total. The molecule has 0 rings (SSSR count). The van der Waals surface area contributed by atoms with Crippen LogP contribution >= 0.6 is 0 Å². The Bertz CT molecular complexity index is 168. The summed E-state index contributed by atoms with van der Waals surface area (Å²) in [6, 6.07) is 0. The van der Waals surface area contributed by atoms with Gasteiger partial charge in [0.25, 0.3) is 0 Å². The molecule has 0 bridgehead atoms. The van der Waals surface area contributed by atoms with E-state index in [0.717, 1.165) is 12.8 Å². The maximum Gasteiger partial charge on any atom is 0.0608 e. The van der Waals surface area contributed by atoms with Crippen LogP contribution in [0.1, 0.15) is 90.9 Å². The lowest BCUT2D eigenvalue weighted by Gasteiger charge is -2.21. The van der Waals surface area contributed by atoms with E-state index in [1.54, 1.807) is 0 Å². The van der Waals surface area contributed by atoms with Crippen LogP contribution in [0.5, 0.6) is 0 Å². The Balaban J connectivity index is 3.08. The minimum atomic E-state index is -0.362. The van der Waals surface area contributed by atoms with Gasteiger partial charge in [0.1, 0.15) is 0 Å². The Kier molecular flexibility index (Phi) is 11.9. The summed E-state index contributed by atoms with van der Waals surface area (Å²) in [6.07, 6.45) is 15.9. The lowest BCUT2D eigenvalue weighted by molar-refractivity contribution is 0.197. The van der Waals surface area contributed by atoms with Gasteiger partial charge in [-0.2, -0.15) is 0 Å². The Morgan fingerprint density at radius 2 is 1.17 bits per heavy atom. The van der Waals surface area contributed by atoms with Crippen molar-refractivity contribution in [3.05, 3.63) is 0 Å². The fraction of sp³-hybridized carbons (Fsp3) is 1.00. The average molecular weight is 257 g/mol. The van der Waals surface area contributed by atoms with Crippen molar-refractivity contribution in [1.82, 2.24) is 0 Å². The van der Waals surface area contributed by atoms with Crippen molar-refractivity contribution in [2.75, 3.05) is 6.61 Å². The molecule has 2 nitrogen and oxygen atoms in total. The summed E-state index contributed by atoms with van der Waals surface area (Å²) in [7, 11) is 0. The van der Waals surface area contributed by atoms with Gasteiger partial charge in [0.05, 0.1) is 6.61 Å². The van der Waals surface area contributed by atoms with Crippen LogP contribution in [0.3, 0.4) is 0 Å². The SMILES string of the molecule is CCCCCCCCCCCCCC(C)(N)CO. The molecule has 0 aromatic carbocycles. The lowest BCUT2D eigenvalue weighted by Crippen LogP contribution is -2.39. The van der Waals surface area contributed by atoms with Gasteiger partial charge in [-0.1, -0.05) is 77.6 Å². The summed E-state index contributed by atoms with van der Waals surface area (Å²) in [5.41, 5.74) is 5.52. The minimum Gasteiger partial charge on any atom is -0.394 e. The Morgan fingerprint density at radius 1 is 0.778 bits per heavy atom. The normalized spacial score (nSPS) is 14.7. The molecule has 2 heteroatoms. The first-order chi connectivity index (χ1) is 8.62. The molecule has 0 amide bonds. The summed E-state index contributed by atoms with van der Waals surface area (Å²) in [5.74, 6) is 0. The summed E-state index contributed by atoms with van der Waals surface area (Å²) in [6.45, 7) is 4.30. The first-order valence-corrected chi connectivity index (χ1v) is 8.02. The van der Waals surface area contributed by atoms with Crippen molar-refractivity contribution < 1.29 is 5.11 Å². The maximum atomic E-state index is 9.03. The van der Waals surface area contributed by atoms with Gasteiger partial charge >= 0.3 is 0 Å². The molecule has 0 aliphatic carbocycles. The van der Waals surface area contributed by atoms with E-state index in [1.807, 2.05) is 6.92 Å². The third-order valence-corrected chi connectivity index (χ3v) is 3.71. The first kappa shape index (κ1) is 17.9. The number of unbranched alkanes of at least 4 members (excludes halogenated alkanes) is 10. The van der Waals surface area contributed by atoms with E-state index in [1.165, 1.54) is 64.2 Å². The molecule has 0 aliphatic rings. The van der Waals surface area contributed by atoms with Crippen LogP contribution in [-0.2, 0) is 0 Å². The van der Waals surface area contributed by atoms with Gasteiger partial charge in [-0.05, 0) is 13.3 Å². The van der Waals surface area contributed by atoms with E-state index in [9.17, 15) is 0 Å². The third-order valence-electron chi connectivity index (χ3n) is 3.71. The van der Waals surface area contributed by atoms with Crippen LogP contribution < -0.4 is 5.73 Å². The largest absolute Gasteiger partial charge is 0.394 e. The summed E-state index contributed by atoms with van der Waals surface area (Å²) < 4.78 is 0. The second kappa shape index (κ2) is 12.0. The van der Waals surface area contributed by atoms with Crippen molar-refractivity contribution in [1.29, 1.82) is 0 Å². The van der Waals surface area contributed by atoms with Crippen molar-refractivity contribution in [2.45, 2.75) is 96.4 Å². The van der Waals surface area contributed by atoms with E-state index < -0.39 is 0 Å². The number of hydrogen-bond acceptors (Lipinski definition) is 2. The molecule has 0 saturated heterocycles. The van der Waals surface area contributed by atoms with Crippen molar-refractivity contribution in [3.8, 4) is 0 Å². The standard InChI is InChI=1S/C16H35NO/c1-3-4-5-6-7-8-9-10-11-12-13-14-16(2,17)15-18/h18H,3-15,17H2,1-2H3. The highest BCUT2D eigenvalue weighted by molar-refractivity contribution is 4.76. The highest BCUT2D eigenvalue weighted by Gasteiger charge is 2.15. The summed E-state index contributed by atoms with van der Waals surface area (Å²) in [5, 5.41) is 9.03. The van der Waals surface area contributed by atoms with Gasteiger partial charge in [-0.25, -0.2) is 0 Å². The fourth-order valence-electron chi connectivity index (χ4n) is 2.27. The quantitative estimate of drug-likeness (QED) is 0.480. The van der Waals surface area contributed by atoms with Crippen LogP contribution in [-0.4, -0.2) is 17.3 Å². The molecular formula is C16H35NO. The molecule has 110 valence electrons. The van der Waals surface area contributed by atoms with Gasteiger partial charge in [0, 0.05) is 5.54 Å². The van der Waals surface area contributed by atoms with Crippen LogP contribution in [0, 0.1) is 0 Å². The van der Waals surface area contributed by atoms with E-state index in [4.69, 9.17) is 10.8 Å². The number of rotatable bonds is 13. The number of aliphatic hydroxyl groups is 1. The van der Waals surface area contributed by atoms with Crippen LogP contribution in [0.25, 0.3) is 0 Å². The van der Waals surface area contributed by atoms with Crippen LogP contribution in [0.2, 0.25) is 0 Å². The molecular weight excluding hydrogens is 222 g/mol. The first-order valence-electron chi connectivity index (χ1n) is 8.02. The van der Waals surface area contributed by atoms with Crippen molar-refractivity contribution in [2.24, 2.45) is 5.73 Å².